The number of benzene rings is 2. The van der Waals surface area contributed by atoms with Gasteiger partial charge in [-0.05, 0) is 59.4 Å². The lowest BCUT2D eigenvalue weighted by Crippen LogP contribution is -2.37. The van der Waals surface area contributed by atoms with Gasteiger partial charge in [0.2, 0.25) is 0 Å². The maximum absolute atomic E-state index is 13.8. The van der Waals surface area contributed by atoms with E-state index in [1.165, 1.54) is 18.2 Å². The van der Waals surface area contributed by atoms with Crippen molar-refractivity contribution in [2.45, 2.75) is 31.0 Å². The molecule has 2 aromatic rings. The van der Waals surface area contributed by atoms with Gasteiger partial charge in [0.05, 0.1) is 27.0 Å². The van der Waals surface area contributed by atoms with Crippen molar-refractivity contribution in [1.82, 2.24) is 10.6 Å². The van der Waals surface area contributed by atoms with Gasteiger partial charge < -0.3 is 10.6 Å². The van der Waals surface area contributed by atoms with Crippen LogP contribution in [0.25, 0.3) is 6.08 Å². The van der Waals surface area contributed by atoms with Crippen LogP contribution in [0.5, 0.6) is 0 Å². The number of rotatable bonds is 6. The van der Waals surface area contributed by atoms with Gasteiger partial charge >= 0.3 is 6.18 Å². The summed E-state index contributed by atoms with van der Waals surface area (Å²) in [6, 6.07) is 8.08. The third kappa shape index (κ3) is 5.98. The average Bonchev–Trinajstić information content (AvgIpc) is 3.11. The Morgan fingerprint density at radius 2 is 1.88 bits per heavy atom. The predicted octanol–water partition coefficient (Wildman–Crippen LogP) is 7.64. The molecule has 32 heavy (non-hydrogen) atoms. The van der Waals surface area contributed by atoms with Gasteiger partial charge in [-0.15, -0.1) is 6.58 Å². The lowest BCUT2D eigenvalue weighted by molar-refractivity contribution is -0.139. The van der Waals surface area contributed by atoms with Crippen LogP contribution in [0.15, 0.2) is 49.1 Å². The van der Waals surface area contributed by atoms with Gasteiger partial charge in [-0.2, -0.15) is 13.2 Å². The molecule has 0 aliphatic heterocycles. The van der Waals surface area contributed by atoms with Crippen LogP contribution < -0.4 is 10.6 Å². The minimum atomic E-state index is -4.52. The van der Waals surface area contributed by atoms with Gasteiger partial charge in [0, 0.05) is 6.54 Å². The van der Waals surface area contributed by atoms with E-state index < -0.39 is 12.1 Å². The number of hydrogen-bond donors (Lipinski definition) is 2. The van der Waals surface area contributed by atoms with Crippen LogP contribution in [0.4, 0.5) is 13.2 Å². The van der Waals surface area contributed by atoms with Crippen molar-refractivity contribution in [1.29, 1.82) is 0 Å². The topological polar surface area (TPSA) is 24.1 Å². The summed E-state index contributed by atoms with van der Waals surface area (Å²) in [4.78, 5) is 0. The SMILES string of the molecule is C=CCNC(=S)NC1CCc2cc(C=CC(c3cc(Cl)c(Cl)c(Cl)c3)C(F)(F)F)ccc21. The summed E-state index contributed by atoms with van der Waals surface area (Å²) >= 11 is 23.0. The average molecular weight is 520 g/mol. The highest BCUT2D eigenvalue weighted by molar-refractivity contribution is 7.80. The number of halogens is 6. The first-order valence-electron chi connectivity index (χ1n) is 9.77. The van der Waals surface area contributed by atoms with Crippen molar-refractivity contribution >= 4 is 58.2 Å². The Labute approximate surface area is 205 Å². The normalized spacial score (nSPS) is 16.6. The highest BCUT2D eigenvalue weighted by Gasteiger charge is 2.39. The second-order valence-corrected chi connectivity index (χ2v) is 8.97. The molecule has 2 nitrogen and oxygen atoms in total. The maximum atomic E-state index is 13.8. The fraction of sp³-hybridized carbons (Fsp3) is 0.261. The van der Waals surface area contributed by atoms with Crippen molar-refractivity contribution in [2.24, 2.45) is 0 Å². The Morgan fingerprint density at radius 3 is 2.50 bits per heavy atom. The van der Waals surface area contributed by atoms with Gasteiger partial charge in [-0.25, -0.2) is 0 Å². The second kappa shape index (κ2) is 10.5. The molecule has 2 atom stereocenters. The molecule has 2 N–H and O–H groups in total. The molecular weight excluding hydrogens is 500 g/mol. The molecule has 1 aliphatic rings. The highest BCUT2D eigenvalue weighted by atomic mass is 35.5. The number of fused-ring (bicyclic) bond motifs is 1. The standard InChI is InChI=1S/C23H20Cl3F3N2S/c1-2-9-30-22(32)31-20-8-5-14-10-13(3-6-16(14)20)4-7-17(23(27,28)29)15-11-18(24)21(26)19(25)12-15/h2-4,6-7,10-12,17,20H,1,5,8-9H2,(H2,30,31,32). The number of hydrogen-bond acceptors (Lipinski definition) is 1. The number of nitrogens with one attached hydrogen (secondary N) is 2. The monoisotopic (exact) mass is 518 g/mol. The van der Waals surface area contributed by atoms with Gasteiger partial charge in [0.1, 0.15) is 0 Å². The summed E-state index contributed by atoms with van der Waals surface area (Å²) in [5.74, 6) is -1.87. The van der Waals surface area contributed by atoms with Crippen LogP contribution in [0.1, 0.15) is 40.6 Å². The number of alkyl halides is 3. The smallest absolute Gasteiger partial charge is 0.359 e. The number of thiocarbonyl (C=S) groups is 1. The lowest BCUT2D eigenvalue weighted by atomic mass is 9.96. The largest absolute Gasteiger partial charge is 0.399 e. The molecule has 170 valence electrons. The molecule has 2 aromatic carbocycles. The quantitative estimate of drug-likeness (QED) is 0.233. The van der Waals surface area contributed by atoms with Crippen LogP contribution in [0.2, 0.25) is 15.1 Å². The zero-order valence-corrected chi connectivity index (χ0v) is 19.9. The zero-order chi connectivity index (χ0) is 23.5. The van der Waals surface area contributed by atoms with Crippen LogP contribution in [0, 0.1) is 0 Å². The van der Waals surface area contributed by atoms with Crippen molar-refractivity contribution < 1.29 is 13.2 Å². The minimum absolute atomic E-state index is 0.0200. The van der Waals surface area contributed by atoms with E-state index in [-0.39, 0.29) is 26.7 Å². The van der Waals surface area contributed by atoms with Gasteiger partial charge in [-0.1, -0.05) is 71.2 Å². The molecule has 0 spiro atoms. The van der Waals surface area contributed by atoms with Crippen molar-refractivity contribution in [2.75, 3.05) is 6.54 Å². The Morgan fingerprint density at radius 1 is 1.19 bits per heavy atom. The molecule has 0 saturated carbocycles. The fourth-order valence-electron chi connectivity index (χ4n) is 3.64. The Bertz CT molecular complexity index is 1030. The van der Waals surface area contributed by atoms with Gasteiger partial charge in [0.25, 0.3) is 0 Å². The van der Waals surface area contributed by atoms with Crippen LogP contribution >= 0.6 is 47.0 Å². The molecule has 9 heteroatoms. The Balaban J connectivity index is 1.81. The molecule has 0 saturated heterocycles. The molecule has 0 radical (unpaired) electrons. The second-order valence-electron chi connectivity index (χ2n) is 7.37. The summed E-state index contributed by atoms with van der Waals surface area (Å²) in [5, 5.41) is 6.83. The van der Waals surface area contributed by atoms with E-state index in [1.54, 1.807) is 12.1 Å². The van der Waals surface area contributed by atoms with E-state index in [1.807, 2.05) is 12.1 Å². The molecule has 3 rings (SSSR count). The highest BCUT2D eigenvalue weighted by Crippen LogP contribution is 2.41. The maximum Gasteiger partial charge on any atom is 0.399 e. The fourth-order valence-corrected chi connectivity index (χ4v) is 4.48. The summed E-state index contributed by atoms with van der Waals surface area (Å²) in [5.41, 5.74) is 2.78. The van der Waals surface area contributed by atoms with Crippen LogP contribution in [-0.4, -0.2) is 17.8 Å². The first-order chi connectivity index (χ1) is 15.1. The van der Waals surface area contributed by atoms with E-state index in [0.717, 1.165) is 30.0 Å². The lowest BCUT2D eigenvalue weighted by Gasteiger charge is -2.18. The van der Waals surface area contributed by atoms with Crippen LogP contribution in [-0.2, 0) is 6.42 Å². The van der Waals surface area contributed by atoms with Crippen LogP contribution in [0.3, 0.4) is 0 Å². The van der Waals surface area contributed by atoms with E-state index in [0.29, 0.717) is 17.2 Å². The van der Waals surface area contributed by atoms with Gasteiger partial charge in [-0.3, -0.25) is 0 Å². The third-order valence-electron chi connectivity index (χ3n) is 5.16. The predicted molar refractivity (Wildman–Crippen MR) is 131 cm³/mol. The van der Waals surface area contributed by atoms with Crippen molar-refractivity contribution in [3.8, 4) is 0 Å². The molecular formula is C23H20Cl3F3N2S. The van der Waals surface area contributed by atoms with Crippen molar-refractivity contribution in [3.05, 3.63) is 86.4 Å². The molecule has 2 unspecified atom stereocenters. The molecule has 1 aliphatic carbocycles. The van der Waals surface area contributed by atoms with E-state index in [2.05, 4.69) is 17.2 Å². The summed E-state index contributed by atoms with van der Waals surface area (Å²) in [6.07, 6.45) is 1.43. The molecule has 0 amide bonds. The summed E-state index contributed by atoms with van der Waals surface area (Å²) in [6.45, 7) is 4.21. The third-order valence-corrected chi connectivity index (χ3v) is 6.62. The molecule has 0 fully saturated rings. The molecule has 0 bridgehead atoms. The van der Waals surface area contributed by atoms with E-state index in [4.69, 9.17) is 47.0 Å². The van der Waals surface area contributed by atoms with Gasteiger partial charge in [0.15, 0.2) is 5.11 Å². The summed E-state index contributed by atoms with van der Waals surface area (Å²) in [7, 11) is 0. The molecule has 0 aromatic heterocycles. The number of allylic oxidation sites excluding steroid dienone is 1. The number of aryl methyl sites for hydroxylation is 1. The Hall–Kier alpha value is -1.73. The summed E-state index contributed by atoms with van der Waals surface area (Å²) < 4.78 is 41.3. The first-order valence-corrected chi connectivity index (χ1v) is 11.3. The Kier molecular flexibility index (Phi) is 8.15. The minimum Gasteiger partial charge on any atom is -0.359 e. The van der Waals surface area contributed by atoms with E-state index in [9.17, 15) is 13.2 Å². The zero-order valence-electron chi connectivity index (χ0n) is 16.8. The first kappa shape index (κ1) is 24.9. The van der Waals surface area contributed by atoms with Crippen molar-refractivity contribution in [3.63, 3.8) is 0 Å². The molecule has 0 heterocycles. The van der Waals surface area contributed by atoms with E-state index >= 15 is 0 Å².